The third-order valence-corrected chi connectivity index (χ3v) is 4.48. The first-order chi connectivity index (χ1) is 11.8. The number of ketones is 1. The van der Waals surface area contributed by atoms with Gasteiger partial charge < -0.3 is 9.47 Å². The lowest BCUT2D eigenvalue weighted by Crippen LogP contribution is -2.30. The summed E-state index contributed by atoms with van der Waals surface area (Å²) in [5.74, 6) is -0.454. The van der Waals surface area contributed by atoms with Gasteiger partial charge in [0, 0.05) is 31.4 Å². The fourth-order valence-electron chi connectivity index (χ4n) is 3.28. The average molecular weight is 344 g/mol. The number of benzene rings is 1. The zero-order chi connectivity index (χ0) is 18.7. The molecule has 4 nitrogen and oxygen atoms in total. The average Bonchev–Trinajstić information content (AvgIpc) is 2.79. The Morgan fingerprint density at radius 3 is 2.28 bits per heavy atom. The minimum Gasteiger partial charge on any atom is -0.340 e. The van der Waals surface area contributed by atoms with Crippen LogP contribution in [0.3, 0.4) is 0 Å². The Morgan fingerprint density at radius 1 is 1.16 bits per heavy atom. The topological polar surface area (TPSA) is 42.3 Å². The zero-order valence-corrected chi connectivity index (χ0v) is 15.5. The molecule has 25 heavy (non-hydrogen) atoms. The van der Waals surface area contributed by atoms with Crippen LogP contribution in [0.5, 0.6) is 0 Å². The number of carbonyl (C=O) groups excluding carboxylic acids is 2. The molecule has 0 atom stereocenters. The van der Waals surface area contributed by atoms with Crippen molar-refractivity contribution in [2.45, 2.75) is 40.7 Å². The number of nitrogens with zero attached hydrogens (tertiary/aromatic N) is 2. The van der Waals surface area contributed by atoms with Gasteiger partial charge in [0.2, 0.25) is 0 Å². The Labute approximate surface area is 148 Å². The van der Waals surface area contributed by atoms with Crippen LogP contribution >= 0.6 is 0 Å². The number of halogens is 1. The van der Waals surface area contributed by atoms with Gasteiger partial charge in [-0.3, -0.25) is 9.59 Å². The van der Waals surface area contributed by atoms with E-state index in [1.807, 2.05) is 25.3 Å². The molecule has 0 aliphatic carbocycles. The van der Waals surface area contributed by atoms with Crippen molar-refractivity contribution in [1.82, 2.24) is 9.47 Å². The lowest BCUT2D eigenvalue weighted by Gasteiger charge is -2.19. The molecule has 2 rings (SSSR count). The van der Waals surface area contributed by atoms with Crippen LogP contribution in [0.1, 0.15) is 57.9 Å². The van der Waals surface area contributed by atoms with Crippen LogP contribution < -0.4 is 0 Å². The van der Waals surface area contributed by atoms with Crippen LogP contribution in [-0.4, -0.2) is 34.7 Å². The van der Waals surface area contributed by atoms with Crippen molar-refractivity contribution in [1.29, 1.82) is 0 Å². The SMILES string of the molecule is CCCN(C)C(=O)c1c(C)c(C(C)=O)c(C)n1Cc1ccc(F)cc1. The molecule has 0 spiro atoms. The predicted octanol–water partition coefficient (Wildman–Crippen LogP) is 3.98. The second-order valence-corrected chi connectivity index (χ2v) is 6.43. The molecule has 2 aromatic rings. The Bertz CT molecular complexity index is 791. The fraction of sp³-hybridized carbons (Fsp3) is 0.400. The highest BCUT2D eigenvalue weighted by Crippen LogP contribution is 2.25. The van der Waals surface area contributed by atoms with Crippen molar-refractivity contribution in [2.24, 2.45) is 0 Å². The van der Waals surface area contributed by atoms with Crippen molar-refractivity contribution >= 4 is 11.7 Å². The summed E-state index contributed by atoms with van der Waals surface area (Å²) in [6, 6.07) is 6.19. The van der Waals surface area contributed by atoms with Gasteiger partial charge in [-0.25, -0.2) is 4.39 Å². The minimum atomic E-state index is -0.299. The van der Waals surface area contributed by atoms with Crippen molar-refractivity contribution in [2.75, 3.05) is 13.6 Å². The van der Waals surface area contributed by atoms with Gasteiger partial charge in [0.15, 0.2) is 5.78 Å². The maximum atomic E-state index is 13.2. The normalized spacial score (nSPS) is 10.8. The summed E-state index contributed by atoms with van der Waals surface area (Å²) in [6.07, 6.45) is 0.860. The number of hydrogen-bond acceptors (Lipinski definition) is 2. The summed E-state index contributed by atoms with van der Waals surface area (Å²) in [4.78, 5) is 26.7. The van der Waals surface area contributed by atoms with Crippen molar-refractivity contribution in [3.63, 3.8) is 0 Å². The number of carbonyl (C=O) groups is 2. The molecule has 134 valence electrons. The number of rotatable bonds is 6. The predicted molar refractivity (Wildman–Crippen MR) is 96.7 cm³/mol. The molecule has 0 bridgehead atoms. The molecular weight excluding hydrogens is 319 g/mol. The van der Waals surface area contributed by atoms with Gasteiger partial charge in [-0.15, -0.1) is 0 Å². The molecule has 0 saturated carbocycles. The van der Waals surface area contributed by atoms with E-state index in [0.29, 0.717) is 29.9 Å². The minimum absolute atomic E-state index is 0.0555. The summed E-state index contributed by atoms with van der Waals surface area (Å²) in [5.41, 5.74) is 3.47. The van der Waals surface area contributed by atoms with Crippen molar-refractivity contribution < 1.29 is 14.0 Å². The molecule has 5 heteroatoms. The van der Waals surface area contributed by atoms with Gasteiger partial charge in [-0.1, -0.05) is 19.1 Å². The molecule has 0 unspecified atom stereocenters. The molecule has 1 heterocycles. The lowest BCUT2D eigenvalue weighted by molar-refractivity contribution is 0.0784. The Balaban J connectivity index is 2.56. The molecule has 1 amide bonds. The van der Waals surface area contributed by atoms with Gasteiger partial charge in [0.05, 0.1) is 0 Å². The summed E-state index contributed by atoms with van der Waals surface area (Å²) in [6.45, 7) is 8.26. The standard InChI is InChI=1S/C20H25FN2O2/c1-6-11-22(5)20(25)19-13(2)18(15(4)24)14(3)23(19)12-16-7-9-17(21)10-8-16/h7-10H,6,11-12H2,1-5H3. The first-order valence-electron chi connectivity index (χ1n) is 8.48. The highest BCUT2D eigenvalue weighted by Gasteiger charge is 2.26. The maximum Gasteiger partial charge on any atom is 0.270 e. The second kappa shape index (κ2) is 7.64. The van der Waals surface area contributed by atoms with Gasteiger partial charge in [0.25, 0.3) is 5.91 Å². The molecular formula is C20H25FN2O2. The molecule has 0 N–H and O–H groups in total. The Hall–Kier alpha value is -2.43. The monoisotopic (exact) mass is 344 g/mol. The van der Waals surface area contributed by atoms with Crippen LogP contribution in [-0.2, 0) is 6.54 Å². The Morgan fingerprint density at radius 2 is 1.76 bits per heavy atom. The fourth-order valence-corrected chi connectivity index (χ4v) is 3.28. The van der Waals surface area contributed by atoms with E-state index in [4.69, 9.17) is 0 Å². The smallest absolute Gasteiger partial charge is 0.270 e. The second-order valence-electron chi connectivity index (χ2n) is 6.43. The third-order valence-electron chi connectivity index (χ3n) is 4.48. The van der Waals surface area contributed by atoms with Crippen molar-refractivity contribution in [3.8, 4) is 0 Å². The van der Waals surface area contributed by atoms with E-state index in [2.05, 4.69) is 0 Å². The maximum absolute atomic E-state index is 13.2. The molecule has 0 fully saturated rings. The van der Waals surface area contributed by atoms with E-state index in [1.165, 1.54) is 19.1 Å². The summed E-state index contributed by atoms with van der Waals surface area (Å²) >= 11 is 0. The lowest BCUT2D eigenvalue weighted by atomic mass is 10.1. The van der Waals surface area contributed by atoms with E-state index < -0.39 is 0 Å². The van der Waals surface area contributed by atoms with Crippen molar-refractivity contribution in [3.05, 3.63) is 58.2 Å². The van der Waals surface area contributed by atoms with Crippen LogP contribution in [0, 0.1) is 19.7 Å². The summed E-state index contributed by atoms with van der Waals surface area (Å²) < 4.78 is 15.0. The summed E-state index contributed by atoms with van der Waals surface area (Å²) in [7, 11) is 1.77. The highest BCUT2D eigenvalue weighted by atomic mass is 19.1. The quantitative estimate of drug-likeness (QED) is 0.744. The Kier molecular flexibility index (Phi) is 5.77. The molecule has 0 radical (unpaired) electrons. The first-order valence-corrected chi connectivity index (χ1v) is 8.48. The van der Waals surface area contributed by atoms with E-state index in [9.17, 15) is 14.0 Å². The van der Waals surface area contributed by atoms with E-state index in [0.717, 1.165) is 17.7 Å². The first kappa shape index (κ1) is 18.9. The number of amides is 1. The highest BCUT2D eigenvalue weighted by molar-refractivity contribution is 6.02. The van der Waals surface area contributed by atoms with E-state index in [-0.39, 0.29) is 17.5 Å². The molecule has 0 aliphatic rings. The zero-order valence-electron chi connectivity index (χ0n) is 15.5. The van der Waals surface area contributed by atoms with Crippen LogP contribution in [0.15, 0.2) is 24.3 Å². The van der Waals surface area contributed by atoms with Crippen LogP contribution in [0.4, 0.5) is 4.39 Å². The summed E-state index contributed by atoms with van der Waals surface area (Å²) in [5, 5.41) is 0. The molecule has 1 aromatic carbocycles. The van der Waals surface area contributed by atoms with Gasteiger partial charge in [-0.2, -0.15) is 0 Å². The van der Waals surface area contributed by atoms with E-state index >= 15 is 0 Å². The third kappa shape index (κ3) is 3.81. The molecule has 0 aliphatic heterocycles. The van der Waals surface area contributed by atoms with Gasteiger partial charge in [-0.05, 0) is 50.5 Å². The molecule has 0 saturated heterocycles. The van der Waals surface area contributed by atoms with Gasteiger partial charge in [0.1, 0.15) is 11.5 Å². The molecule has 1 aromatic heterocycles. The van der Waals surface area contributed by atoms with Crippen LogP contribution in [0.25, 0.3) is 0 Å². The number of Topliss-reactive ketones (excluding diaryl/α,β-unsaturated/α-hetero) is 1. The number of aromatic nitrogens is 1. The van der Waals surface area contributed by atoms with E-state index in [1.54, 1.807) is 24.1 Å². The van der Waals surface area contributed by atoms with Crippen LogP contribution in [0.2, 0.25) is 0 Å². The number of hydrogen-bond donors (Lipinski definition) is 0. The largest absolute Gasteiger partial charge is 0.340 e. The van der Waals surface area contributed by atoms with Gasteiger partial charge >= 0.3 is 0 Å².